The quantitative estimate of drug-likeness (QED) is 0.809. The van der Waals surface area contributed by atoms with Gasteiger partial charge in [-0.3, -0.25) is 9.78 Å². The molecule has 1 saturated carbocycles. The lowest BCUT2D eigenvalue weighted by atomic mass is 10.0. The minimum absolute atomic E-state index is 0.0607. The lowest BCUT2D eigenvalue weighted by Gasteiger charge is -2.28. The molecule has 2 fully saturated rings. The molecule has 0 bridgehead atoms. The average molecular weight is 372 g/mol. The van der Waals surface area contributed by atoms with Crippen molar-refractivity contribution in [2.45, 2.75) is 44.6 Å². The third kappa shape index (κ3) is 3.34. The molecule has 1 aromatic carbocycles. The Kier molecular flexibility index (Phi) is 4.47. The van der Waals surface area contributed by atoms with Gasteiger partial charge in [-0.2, -0.15) is 0 Å². The fourth-order valence-corrected chi connectivity index (χ4v) is 5.56. The molecule has 138 valence electrons. The normalized spacial score (nSPS) is 21.8. The monoisotopic (exact) mass is 372 g/mol. The third-order valence-corrected chi connectivity index (χ3v) is 7.09. The van der Waals surface area contributed by atoms with E-state index in [2.05, 4.69) is 0 Å². The zero-order valence-electron chi connectivity index (χ0n) is 15.0. The van der Waals surface area contributed by atoms with Gasteiger partial charge in [0, 0.05) is 29.6 Å². The van der Waals surface area contributed by atoms with Crippen LogP contribution in [0.3, 0.4) is 0 Å². The van der Waals surface area contributed by atoms with Crippen LogP contribution in [0.5, 0.6) is 0 Å². The van der Waals surface area contributed by atoms with Gasteiger partial charge in [-0.05, 0) is 37.8 Å². The van der Waals surface area contributed by atoms with Crippen molar-refractivity contribution in [1.82, 2.24) is 9.88 Å². The minimum atomic E-state index is -3.03. The first kappa shape index (κ1) is 17.5. The van der Waals surface area contributed by atoms with Crippen molar-refractivity contribution in [2.24, 2.45) is 0 Å². The highest BCUT2D eigenvalue weighted by atomic mass is 32.2. The molecule has 4 rings (SSSR count). The van der Waals surface area contributed by atoms with Crippen LogP contribution >= 0.6 is 0 Å². The summed E-state index contributed by atoms with van der Waals surface area (Å²) in [6.07, 6.45) is 3.59. The van der Waals surface area contributed by atoms with Crippen LogP contribution in [0.4, 0.5) is 0 Å². The number of carbonyl (C=O) groups is 1. The van der Waals surface area contributed by atoms with Gasteiger partial charge in [0.1, 0.15) is 0 Å². The number of hydrogen-bond donors (Lipinski definition) is 0. The van der Waals surface area contributed by atoms with E-state index in [1.165, 1.54) is 0 Å². The number of benzene rings is 1. The highest BCUT2D eigenvalue weighted by Crippen LogP contribution is 2.40. The van der Waals surface area contributed by atoms with E-state index in [1.54, 1.807) is 4.90 Å². The Labute approximate surface area is 154 Å². The van der Waals surface area contributed by atoms with Crippen LogP contribution in [0.1, 0.15) is 54.6 Å². The molecule has 2 aromatic rings. The van der Waals surface area contributed by atoms with Crippen molar-refractivity contribution in [3.05, 3.63) is 41.6 Å². The number of rotatable bonds is 5. The number of sulfone groups is 1. The van der Waals surface area contributed by atoms with Crippen LogP contribution in [0.25, 0.3) is 10.9 Å². The summed E-state index contributed by atoms with van der Waals surface area (Å²) in [5.74, 6) is 0.652. The summed E-state index contributed by atoms with van der Waals surface area (Å²) in [5, 5.41) is 0.851. The summed E-state index contributed by atoms with van der Waals surface area (Å²) < 4.78 is 23.8. The zero-order chi connectivity index (χ0) is 18.3. The molecule has 2 heterocycles. The SMILES string of the molecule is CCCN(C(=O)c1cc(C2CC2)nc2ccccc12)C1CCS(=O)(=O)C1. The van der Waals surface area contributed by atoms with Gasteiger partial charge in [0.05, 0.1) is 22.6 Å². The van der Waals surface area contributed by atoms with Crippen molar-refractivity contribution < 1.29 is 13.2 Å². The molecule has 1 aliphatic heterocycles. The van der Waals surface area contributed by atoms with Crippen LogP contribution < -0.4 is 0 Å². The number of amides is 1. The minimum Gasteiger partial charge on any atom is -0.335 e. The van der Waals surface area contributed by atoms with E-state index in [0.29, 0.717) is 24.4 Å². The predicted octanol–water partition coefficient (Wildman–Crippen LogP) is 3.15. The molecule has 1 unspecified atom stereocenters. The van der Waals surface area contributed by atoms with Crippen LogP contribution in [0.15, 0.2) is 30.3 Å². The van der Waals surface area contributed by atoms with Gasteiger partial charge in [0.2, 0.25) is 0 Å². The van der Waals surface area contributed by atoms with Gasteiger partial charge in [-0.25, -0.2) is 8.42 Å². The summed E-state index contributed by atoms with van der Waals surface area (Å²) in [4.78, 5) is 20.0. The van der Waals surface area contributed by atoms with E-state index in [-0.39, 0.29) is 23.5 Å². The zero-order valence-corrected chi connectivity index (χ0v) is 15.8. The highest BCUT2D eigenvalue weighted by Gasteiger charge is 2.35. The van der Waals surface area contributed by atoms with Crippen molar-refractivity contribution >= 4 is 26.6 Å². The molecule has 1 atom stereocenters. The van der Waals surface area contributed by atoms with E-state index in [0.717, 1.165) is 35.9 Å². The molecule has 1 amide bonds. The lowest BCUT2D eigenvalue weighted by molar-refractivity contribution is 0.0699. The molecular weight excluding hydrogens is 348 g/mol. The second-order valence-corrected chi connectivity index (χ2v) is 9.67. The van der Waals surface area contributed by atoms with E-state index in [9.17, 15) is 13.2 Å². The van der Waals surface area contributed by atoms with E-state index < -0.39 is 9.84 Å². The molecule has 26 heavy (non-hydrogen) atoms. The number of fused-ring (bicyclic) bond motifs is 1. The maximum Gasteiger partial charge on any atom is 0.254 e. The molecule has 0 radical (unpaired) electrons. The molecule has 5 nitrogen and oxygen atoms in total. The maximum atomic E-state index is 13.4. The Morgan fingerprint density at radius 1 is 1.23 bits per heavy atom. The summed E-state index contributed by atoms with van der Waals surface area (Å²) in [6.45, 7) is 2.60. The van der Waals surface area contributed by atoms with Crippen molar-refractivity contribution in [3.8, 4) is 0 Å². The van der Waals surface area contributed by atoms with E-state index >= 15 is 0 Å². The second kappa shape index (κ2) is 6.65. The summed E-state index contributed by atoms with van der Waals surface area (Å²) >= 11 is 0. The number of hydrogen-bond acceptors (Lipinski definition) is 4. The number of carbonyl (C=O) groups excluding carboxylic acids is 1. The Morgan fingerprint density at radius 3 is 2.65 bits per heavy atom. The van der Waals surface area contributed by atoms with Gasteiger partial charge in [-0.15, -0.1) is 0 Å². The first-order valence-electron chi connectivity index (χ1n) is 9.39. The third-order valence-electron chi connectivity index (χ3n) is 5.34. The Bertz CT molecular complexity index is 951. The van der Waals surface area contributed by atoms with Crippen molar-refractivity contribution in [2.75, 3.05) is 18.1 Å². The average Bonchev–Trinajstić information content (AvgIpc) is 3.41. The second-order valence-electron chi connectivity index (χ2n) is 7.44. The van der Waals surface area contributed by atoms with Crippen molar-refractivity contribution in [1.29, 1.82) is 0 Å². The molecule has 2 aliphatic rings. The predicted molar refractivity (Wildman–Crippen MR) is 102 cm³/mol. The largest absolute Gasteiger partial charge is 0.335 e. The molecule has 0 N–H and O–H groups in total. The Morgan fingerprint density at radius 2 is 2.00 bits per heavy atom. The van der Waals surface area contributed by atoms with Gasteiger partial charge in [0.15, 0.2) is 9.84 Å². The van der Waals surface area contributed by atoms with Crippen molar-refractivity contribution in [3.63, 3.8) is 0 Å². The molecular formula is C20H24N2O3S. The van der Waals surface area contributed by atoms with E-state index in [4.69, 9.17) is 4.98 Å². The molecule has 1 aliphatic carbocycles. The fourth-order valence-electron chi connectivity index (χ4n) is 3.83. The molecule has 1 saturated heterocycles. The van der Waals surface area contributed by atoms with Gasteiger partial charge >= 0.3 is 0 Å². The highest BCUT2D eigenvalue weighted by molar-refractivity contribution is 7.91. The van der Waals surface area contributed by atoms with Gasteiger partial charge < -0.3 is 4.90 Å². The molecule has 6 heteroatoms. The lowest BCUT2D eigenvalue weighted by Crippen LogP contribution is -2.41. The standard InChI is InChI=1S/C20H24N2O3S/c1-2-10-22(15-9-11-26(24,25)13-15)20(23)17-12-19(14-7-8-14)21-18-6-4-3-5-16(17)18/h3-6,12,14-15H,2,7-11,13H2,1H3. The van der Waals surface area contributed by atoms with E-state index in [1.807, 2.05) is 37.3 Å². The summed E-state index contributed by atoms with van der Waals surface area (Å²) in [6, 6.07) is 9.46. The molecule has 0 spiro atoms. The number of pyridine rings is 1. The van der Waals surface area contributed by atoms with Gasteiger partial charge in [-0.1, -0.05) is 25.1 Å². The van der Waals surface area contributed by atoms with Crippen LogP contribution in [-0.4, -0.2) is 48.3 Å². The first-order chi connectivity index (χ1) is 12.5. The Hall–Kier alpha value is -1.95. The Balaban J connectivity index is 1.75. The smallest absolute Gasteiger partial charge is 0.254 e. The molecule has 1 aromatic heterocycles. The summed E-state index contributed by atoms with van der Waals surface area (Å²) in [7, 11) is -3.03. The fraction of sp³-hybridized carbons (Fsp3) is 0.500. The maximum absolute atomic E-state index is 13.4. The number of nitrogens with zero attached hydrogens (tertiary/aromatic N) is 2. The topological polar surface area (TPSA) is 67.3 Å². The number of para-hydroxylation sites is 1. The first-order valence-corrected chi connectivity index (χ1v) is 11.2. The van der Waals surface area contributed by atoms with Crippen LogP contribution in [-0.2, 0) is 9.84 Å². The van der Waals surface area contributed by atoms with Gasteiger partial charge in [0.25, 0.3) is 5.91 Å². The number of aromatic nitrogens is 1. The summed E-state index contributed by atoms with van der Waals surface area (Å²) in [5.41, 5.74) is 2.49. The van der Waals surface area contributed by atoms with Crippen LogP contribution in [0.2, 0.25) is 0 Å². The van der Waals surface area contributed by atoms with Crippen LogP contribution in [0, 0.1) is 0 Å².